The van der Waals surface area contributed by atoms with Gasteiger partial charge in [0.05, 0.1) is 18.8 Å². The molecule has 2 heterocycles. The monoisotopic (exact) mass is 397 g/mol. The number of nitrogens with zero attached hydrogens (tertiary/aromatic N) is 1. The summed E-state index contributed by atoms with van der Waals surface area (Å²) in [6.07, 6.45) is 0.172. The van der Waals surface area contributed by atoms with Crippen LogP contribution < -0.4 is 29.7 Å². The first-order valence-corrected chi connectivity index (χ1v) is 9.62. The summed E-state index contributed by atoms with van der Waals surface area (Å²) in [5.41, 5.74) is 1.41. The Balaban J connectivity index is 1.46. The highest BCUT2D eigenvalue weighted by Crippen LogP contribution is 2.35. The fraction of sp³-hybridized carbons (Fsp3) is 0.333. The molecular weight excluding hydrogens is 374 g/mol. The zero-order valence-corrected chi connectivity index (χ0v) is 16.1. The van der Waals surface area contributed by atoms with Crippen molar-refractivity contribution in [2.24, 2.45) is 0 Å². The highest BCUT2D eigenvalue weighted by molar-refractivity contribution is 5.95. The van der Waals surface area contributed by atoms with Gasteiger partial charge in [-0.05, 0) is 30.7 Å². The molecule has 2 aliphatic rings. The molecule has 0 aromatic heterocycles. The molecule has 2 N–H and O–H groups in total. The van der Waals surface area contributed by atoms with Crippen molar-refractivity contribution in [2.45, 2.75) is 19.4 Å². The molecule has 0 radical (unpaired) electrons. The second-order valence-electron chi connectivity index (χ2n) is 6.86. The van der Waals surface area contributed by atoms with Gasteiger partial charge in [-0.25, -0.2) is 0 Å². The van der Waals surface area contributed by atoms with Crippen molar-refractivity contribution in [1.29, 1.82) is 0 Å². The van der Waals surface area contributed by atoms with E-state index in [-0.39, 0.29) is 25.2 Å². The number of nitrogens with one attached hydrogen (secondary N) is 2. The van der Waals surface area contributed by atoms with Gasteiger partial charge in [0.15, 0.2) is 17.6 Å². The van der Waals surface area contributed by atoms with E-state index in [1.807, 2.05) is 30.0 Å². The normalized spacial score (nSPS) is 16.6. The number of hydrogen-bond acceptors (Lipinski definition) is 6. The molecule has 2 aromatic carbocycles. The minimum atomic E-state index is -0.671. The van der Waals surface area contributed by atoms with Gasteiger partial charge in [0.2, 0.25) is 12.7 Å². The number of rotatable bonds is 6. The summed E-state index contributed by atoms with van der Waals surface area (Å²) < 4.78 is 16.5. The Morgan fingerprint density at radius 3 is 2.79 bits per heavy atom. The number of amides is 2. The van der Waals surface area contributed by atoms with E-state index in [1.54, 1.807) is 24.3 Å². The van der Waals surface area contributed by atoms with E-state index in [0.29, 0.717) is 36.0 Å². The van der Waals surface area contributed by atoms with Gasteiger partial charge in [-0.3, -0.25) is 9.59 Å². The van der Waals surface area contributed by atoms with Crippen LogP contribution in [-0.2, 0) is 9.59 Å². The second-order valence-corrected chi connectivity index (χ2v) is 6.86. The predicted molar refractivity (Wildman–Crippen MR) is 108 cm³/mol. The van der Waals surface area contributed by atoms with Crippen molar-refractivity contribution in [3.05, 3.63) is 42.5 Å². The summed E-state index contributed by atoms with van der Waals surface area (Å²) in [6.45, 7) is 3.14. The van der Waals surface area contributed by atoms with Gasteiger partial charge in [-0.15, -0.1) is 0 Å². The summed E-state index contributed by atoms with van der Waals surface area (Å²) in [6, 6.07) is 12.7. The van der Waals surface area contributed by atoms with E-state index in [2.05, 4.69) is 10.6 Å². The average molecular weight is 397 g/mol. The van der Waals surface area contributed by atoms with Gasteiger partial charge in [0.1, 0.15) is 5.75 Å². The van der Waals surface area contributed by atoms with Crippen LogP contribution in [0.4, 0.5) is 11.4 Å². The highest BCUT2D eigenvalue weighted by Gasteiger charge is 2.31. The summed E-state index contributed by atoms with van der Waals surface area (Å²) in [7, 11) is 0. The van der Waals surface area contributed by atoms with Crippen LogP contribution in [-0.4, -0.2) is 44.3 Å². The maximum Gasteiger partial charge on any atom is 0.262 e. The maximum absolute atomic E-state index is 12.7. The van der Waals surface area contributed by atoms with Crippen molar-refractivity contribution in [3.63, 3.8) is 0 Å². The molecule has 0 unspecified atom stereocenters. The molecule has 2 aromatic rings. The van der Waals surface area contributed by atoms with Gasteiger partial charge < -0.3 is 29.7 Å². The third-order valence-electron chi connectivity index (χ3n) is 4.69. The molecule has 0 saturated carbocycles. The van der Waals surface area contributed by atoms with Crippen molar-refractivity contribution in [1.82, 2.24) is 5.32 Å². The van der Waals surface area contributed by atoms with Gasteiger partial charge in [0, 0.05) is 18.3 Å². The number of hydrogen-bond donors (Lipinski definition) is 2. The number of benzene rings is 2. The topological polar surface area (TPSA) is 89.1 Å². The molecule has 8 heteroatoms. The molecule has 0 saturated heterocycles. The first-order valence-electron chi connectivity index (χ1n) is 9.62. The summed E-state index contributed by atoms with van der Waals surface area (Å²) in [4.78, 5) is 26.9. The molecule has 8 nitrogen and oxygen atoms in total. The molecule has 2 aliphatic heterocycles. The molecule has 0 fully saturated rings. The SMILES string of the molecule is CCCNC(=O)[C@H]1CN(CC(=O)Nc2ccc3c(c2)OCO3)c2ccccc2O1. The molecular formula is C21H23N3O5. The van der Waals surface area contributed by atoms with Crippen LogP contribution in [0.5, 0.6) is 17.2 Å². The number of fused-ring (bicyclic) bond motifs is 2. The van der Waals surface area contributed by atoms with E-state index in [9.17, 15) is 9.59 Å². The quantitative estimate of drug-likeness (QED) is 0.777. The Kier molecular flexibility index (Phi) is 5.41. The lowest BCUT2D eigenvalue weighted by atomic mass is 10.1. The Labute approximate surface area is 168 Å². The zero-order valence-electron chi connectivity index (χ0n) is 16.1. The van der Waals surface area contributed by atoms with E-state index < -0.39 is 6.10 Å². The Morgan fingerprint density at radius 2 is 1.93 bits per heavy atom. The molecule has 0 bridgehead atoms. The first-order chi connectivity index (χ1) is 14.1. The second kappa shape index (κ2) is 8.30. The van der Waals surface area contributed by atoms with Crippen LogP contribution in [0.3, 0.4) is 0 Å². The largest absolute Gasteiger partial charge is 0.477 e. The number of carbonyl (C=O) groups excluding carboxylic acids is 2. The fourth-order valence-electron chi connectivity index (χ4n) is 3.30. The van der Waals surface area contributed by atoms with E-state index in [1.165, 1.54) is 0 Å². The Hall–Kier alpha value is -3.42. The number of carbonyl (C=O) groups is 2. The molecule has 0 aliphatic carbocycles. The van der Waals surface area contributed by atoms with Crippen molar-refractivity contribution in [2.75, 3.05) is 36.6 Å². The Bertz CT molecular complexity index is 917. The zero-order chi connectivity index (χ0) is 20.2. The van der Waals surface area contributed by atoms with E-state index >= 15 is 0 Å². The predicted octanol–water partition coefficient (Wildman–Crippen LogP) is 2.15. The molecule has 2 amide bonds. The van der Waals surface area contributed by atoms with Crippen molar-refractivity contribution < 1.29 is 23.8 Å². The third-order valence-corrected chi connectivity index (χ3v) is 4.69. The molecule has 1 atom stereocenters. The standard InChI is InChI=1S/C21H23N3O5/c1-2-9-22-21(26)19-11-24(15-5-3-4-6-16(15)29-19)12-20(25)23-14-7-8-17-18(10-14)28-13-27-17/h3-8,10,19H,2,9,11-13H2,1H3,(H,22,26)(H,23,25)/t19-/m1/s1. The van der Waals surface area contributed by atoms with Gasteiger partial charge >= 0.3 is 0 Å². The summed E-state index contributed by atoms with van der Waals surface area (Å²) in [5.74, 6) is 1.47. The van der Waals surface area contributed by atoms with Crippen LogP contribution in [0.2, 0.25) is 0 Å². The smallest absolute Gasteiger partial charge is 0.262 e. The van der Waals surface area contributed by atoms with Crippen LogP contribution in [0.25, 0.3) is 0 Å². The van der Waals surface area contributed by atoms with Gasteiger partial charge in [-0.2, -0.15) is 0 Å². The molecule has 4 rings (SSSR count). The minimum Gasteiger partial charge on any atom is -0.477 e. The third kappa shape index (κ3) is 4.21. The number of anilines is 2. The average Bonchev–Trinajstić information content (AvgIpc) is 3.19. The maximum atomic E-state index is 12.7. The number of para-hydroxylation sites is 2. The summed E-state index contributed by atoms with van der Waals surface area (Å²) in [5, 5.41) is 5.72. The van der Waals surface area contributed by atoms with Crippen LogP contribution in [0, 0.1) is 0 Å². The molecule has 0 spiro atoms. The van der Waals surface area contributed by atoms with E-state index in [4.69, 9.17) is 14.2 Å². The van der Waals surface area contributed by atoms with Crippen LogP contribution in [0.15, 0.2) is 42.5 Å². The van der Waals surface area contributed by atoms with Crippen molar-refractivity contribution >= 4 is 23.2 Å². The lowest BCUT2D eigenvalue weighted by molar-refractivity contribution is -0.128. The molecule has 29 heavy (non-hydrogen) atoms. The van der Waals surface area contributed by atoms with Crippen LogP contribution >= 0.6 is 0 Å². The highest BCUT2D eigenvalue weighted by atomic mass is 16.7. The minimum absolute atomic E-state index is 0.0897. The first kappa shape index (κ1) is 18.9. The van der Waals surface area contributed by atoms with Crippen molar-refractivity contribution in [3.8, 4) is 17.2 Å². The lowest BCUT2D eigenvalue weighted by Crippen LogP contribution is -2.50. The molecule has 152 valence electrons. The lowest BCUT2D eigenvalue weighted by Gasteiger charge is -2.35. The fourth-order valence-corrected chi connectivity index (χ4v) is 3.30. The Morgan fingerprint density at radius 1 is 1.10 bits per heavy atom. The van der Waals surface area contributed by atoms with Gasteiger partial charge in [-0.1, -0.05) is 19.1 Å². The van der Waals surface area contributed by atoms with E-state index in [0.717, 1.165) is 12.1 Å². The van der Waals surface area contributed by atoms with Crippen LogP contribution in [0.1, 0.15) is 13.3 Å². The summed E-state index contributed by atoms with van der Waals surface area (Å²) >= 11 is 0. The number of ether oxygens (including phenoxy) is 3. The van der Waals surface area contributed by atoms with Gasteiger partial charge in [0.25, 0.3) is 5.91 Å².